The summed E-state index contributed by atoms with van der Waals surface area (Å²) in [6.07, 6.45) is 1.44. The molecular weight excluding hydrogens is 256 g/mol. The molecule has 0 N–H and O–H groups in total. The Bertz CT molecular complexity index is 756. The predicted octanol–water partition coefficient (Wildman–Crippen LogP) is 3.72. The van der Waals surface area contributed by atoms with Crippen molar-refractivity contribution in [3.8, 4) is 0 Å². The normalized spacial score (nSPS) is 11.7. The lowest BCUT2D eigenvalue weighted by Crippen LogP contribution is -2.06. The van der Waals surface area contributed by atoms with E-state index in [2.05, 4.69) is 6.58 Å². The molecular formula is C16H18O2S. The third kappa shape index (κ3) is 2.43. The van der Waals surface area contributed by atoms with Crippen molar-refractivity contribution in [1.29, 1.82) is 0 Å². The van der Waals surface area contributed by atoms with Crippen LogP contribution >= 0.6 is 0 Å². The molecule has 2 aromatic carbocycles. The summed E-state index contributed by atoms with van der Waals surface area (Å²) in [5, 5.41) is 1.82. The lowest BCUT2D eigenvalue weighted by atomic mass is 9.99. The maximum atomic E-state index is 12.4. The summed E-state index contributed by atoms with van der Waals surface area (Å²) in [5.41, 5.74) is 3.09. The van der Waals surface area contributed by atoms with Gasteiger partial charge in [0.15, 0.2) is 9.84 Å². The Labute approximate surface area is 114 Å². The van der Waals surface area contributed by atoms with Gasteiger partial charge in [-0.3, -0.25) is 0 Å². The highest BCUT2D eigenvalue weighted by Gasteiger charge is 2.18. The molecule has 0 fully saturated rings. The van der Waals surface area contributed by atoms with Gasteiger partial charge in [0.05, 0.1) is 10.6 Å². The van der Waals surface area contributed by atoms with Crippen LogP contribution in [0, 0.1) is 20.8 Å². The van der Waals surface area contributed by atoms with E-state index in [1.54, 1.807) is 6.07 Å². The summed E-state index contributed by atoms with van der Waals surface area (Å²) in [6, 6.07) is 7.79. The topological polar surface area (TPSA) is 34.1 Å². The minimum absolute atomic E-state index is 0.0288. The molecule has 0 amide bonds. The Morgan fingerprint density at radius 1 is 1.16 bits per heavy atom. The Kier molecular flexibility index (Phi) is 3.50. The maximum Gasteiger partial charge on any atom is 0.182 e. The molecule has 0 aliphatic carbocycles. The van der Waals surface area contributed by atoms with E-state index >= 15 is 0 Å². The van der Waals surface area contributed by atoms with Gasteiger partial charge in [0.1, 0.15) is 0 Å². The zero-order valence-corrected chi connectivity index (χ0v) is 12.3. The number of sulfone groups is 1. The van der Waals surface area contributed by atoms with Crippen LogP contribution in [0.4, 0.5) is 0 Å². The standard InChI is InChI=1S/C16H18O2S/c1-5-8-19(17,18)15-10-11(2)9-14-7-6-12(3)13(4)16(14)15/h5-7,9-10H,1,8H2,2-4H3. The van der Waals surface area contributed by atoms with E-state index in [0.29, 0.717) is 4.90 Å². The van der Waals surface area contributed by atoms with Gasteiger partial charge in [-0.25, -0.2) is 8.42 Å². The quantitative estimate of drug-likeness (QED) is 0.799. The first kappa shape index (κ1) is 13.8. The molecule has 0 aliphatic heterocycles. The molecule has 2 aromatic rings. The van der Waals surface area contributed by atoms with Crippen LogP contribution in [0.3, 0.4) is 0 Å². The molecule has 0 unspecified atom stereocenters. The van der Waals surface area contributed by atoms with Crippen molar-refractivity contribution in [2.75, 3.05) is 5.75 Å². The predicted molar refractivity (Wildman–Crippen MR) is 80.4 cm³/mol. The zero-order chi connectivity index (χ0) is 14.2. The highest BCUT2D eigenvalue weighted by atomic mass is 32.2. The third-order valence-electron chi connectivity index (χ3n) is 3.43. The molecule has 0 heterocycles. The van der Waals surface area contributed by atoms with Crippen molar-refractivity contribution >= 4 is 20.6 Å². The van der Waals surface area contributed by atoms with Crippen LogP contribution in [0.15, 0.2) is 41.8 Å². The van der Waals surface area contributed by atoms with E-state index in [1.165, 1.54) is 6.08 Å². The molecule has 100 valence electrons. The number of hydrogen-bond acceptors (Lipinski definition) is 2. The van der Waals surface area contributed by atoms with Gasteiger partial charge in [0, 0.05) is 5.39 Å². The van der Waals surface area contributed by atoms with Gasteiger partial charge >= 0.3 is 0 Å². The van der Waals surface area contributed by atoms with Crippen LogP contribution in [-0.2, 0) is 9.84 Å². The Morgan fingerprint density at radius 2 is 1.84 bits per heavy atom. The van der Waals surface area contributed by atoms with E-state index in [4.69, 9.17) is 0 Å². The zero-order valence-electron chi connectivity index (χ0n) is 11.5. The molecule has 0 saturated carbocycles. The molecule has 0 radical (unpaired) electrons. The molecule has 3 heteroatoms. The van der Waals surface area contributed by atoms with E-state index in [0.717, 1.165) is 27.5 Å². The maximum absolute atomic E-state index is 12.4. The first-order chi connectivity index (χ1) is 8.86. The average Bonchev–Trinajstić information content (AvgIpc) is 2.33. The van der Waals surface area contributed by atoms with Gasteiger partial charge in [-0.2, -0.15) is 0 Å². The van der Waals surface area contributed by atoms with Gasteiger partial charge in [-0.1, -0.05) is 24.3 Å². The number of rotatable bonds is 3. The van der Waals surface area contributed by atoms with Gasteiger partial charge in [0.25, 0.3) is 0 Å². The molecule has 0 spiro atoms. The summed E-state index contributed by atoms with van der Waals surface area (Å²) >= 11 is 0. The summed E-state index contributed by atoms with van der Waals surface area (Å²) in [5.74, 6) is -0.0288. The fourth-order valence-corrected chi connectivity index (χ4v) is 3.78. The van der Waals surface area contributed by atoms with E-state index in [1.807, 2.05) is 39.0 Å². The highest BCUT2D eigenvalue weighted by Crippen LogP contribution is 2.30. The summed E-state index contributed by atoms with van der Waals surface area (Å²) in [4.78, 5) is 0.420. The van der Waals surface area contributed by atoms with Crippen LogP contribution in [0.1, 0.15) is 16.7 Å². The van der Waals surface area contributed by atoms with E-state index < -0.39 is 9.84 Å². The second-order valence-electron chi connectivity index (χ2n) is 4.94. The Hall–Kier alpha value is -1.61. The van der Waals surface area contributed by atoms with Gasteiger partial charge in [-0.05, 0) is 48.9 Å². The second kappa shape index (κ2) is 4.82. The smallest absolute Gasteiger partial charge is 0.182 e. The fraction of sp³-hybridized carbons (Fsp3) is 0.250. The first-order valence-corrected chi connectivity index (χ1v) is 7.86. The van der Waals surface area contributed by atoms with Crippen LogP contribution in [0.25, 0.3) is 10.8 Å². The molecule has 0 aromatic heterocycles. The van der Waals surface area contributed by atoms with Crippen molar-refractivity contribution in [3.05, 3.63) is 53.6 Å². The molecule has 0 aliphatic rings. The molecule has 2 nitrogen and oxygen atoms in total. The fourth-order valence-electron chi connectivity index (χ4n) is 2.34. The Balaban J connectivity index is 2.94. The lowest BCUT2D eigenvalue weighted by molar-refractivity contribution is 0.599. The minimum atomic E-state index is -3.32. The average molecular weight is 274 g/mol. The second-order valence-corrected chi connectivity index (χ2v) is 6.94. The SMILES string of the molecule is C=CCS(=O)(=O)c1cc(C)cc2ccc(C)c(C)c12. The highest BCUT2D eigenvalue weighted by molar-refractivity contribution is 7.91. The van der Waals surface area contributed by atoms with Crippen LogP contribution in [0.2, 0.25) is 0 Å². The molecule has 19 heavy (non-hydrogen) atoms. The van der Waals surface area contributed by atoms with Gasteiger partial charge in [-0.15, -0.1) is 6.58 Å². The summed E-state index contributed by atoms with van der Waals surface area (Å²) in [6.45, 7) is 9.42. The first-order valence-electron chi connectivity index (χ1n) is 6.21. The lowest BCUT2D eigenvalue weighted by Gasteiger charge is -2.12. The van der Waals surface area contributed by atoms with Crippen molar-refractivity contribution in [2.45, 2.75) is 25.7 Å². The third-order valence-corrected chi connectivity index (χ3v) is 5.10. The molecule has 2 rings (SSSR count). The van der Waals surface area contributed by atoms with E-state index in [9.17, 15) is 8.42 Å². The van der Waals surface area contributed by atoms with Gasteiger partial charge < -0.3 is 0 Å². The van der Waals surface area contributed by atoms with Crippen molar-refractivity contribution in [3.63, 3.8) is 0 Å². The largest absolute Gasteiger partial charge is 0.223 e. The van der Waals surface area contributed by atoms with Crippen LogP contribution < -0.4 is 0 Å². The summed E-state index contributed by atoms with van der Waals surface area (Å²) < 4.78 is 24.8. The van der Waals surface area contributed by atoms with Crippen molar-refractivity contribution in [2.24, 2.45) is 0 Å². The number of benzene rings is 2. The summed E-state index contributed by atoms with van der Waals surface area (Å²) in [7, 11) is -3.32. The molecule has 0 atom stereocenters. The van der Waals surface area contributed by atoms with E-state index in [-0.39, 0.29) is 5.75 Å². The van der Waals surface area contributed by atoms with Crippen molar-refractivity contribution in [1.82, 2.24) is 0 Å². The number of hydrogen-bond donors (Lipinski definition) is 0. The Morgan fingerprint density at radius 3 is 2.47 bits per heavy atom. The number of fused-ring (bicyclic) bond motifs is 1. The number of aryl methyl sites for hydroxylation is 3. The molecule has 0 bridgehead atoms. The minimum Gasteiger partial charge on any atom is -0.223 e. The van der Waals surface area contributed by atoms with Crippen LogP contribution in [0.5, 0.6) is 0 Å². The van der Waals surface area contributed by atoms with Crippen LogP contribution in [-0.4, -0.2) is 14.2 Å². The van der Waals surface area contributed by atoms with Crippen molar-refractivity contribution < 1.29 is 8.42 Å². The monoisotopic (exact) mass is 274 g/mol. The van der Waals surface area contributed by atoms with Gasteiger partial charge in [0.2, 0.25) is 0 Å². The molecule has 0 saturated heterocycles.